The normalized spacial score (nSPS) is 18.5. The Balaban J connectivity index is 1.49. The topological polar surface area (TPSA) is 69.5 Å². The Morgan fingerprint density at radius 2 is 1.60 bits per heavy atom. The van der Waals surface area contributed by atoms with Gasteiger partial charge in [-0.05, 0) is 61.9 Å². The molecule has 2 saturated heterocycles. The van der Waals surface area contributed by atoms with Gasteiger partial charge in [0.2, 0.25) is 5.95 Å². The van der Waals surface area contributed by atoms with Gasteiger partial charge in [0.15, 0.2) is 5.11 Å². The summed E-state index contributed by atoms with van der Waals surface area (Å²) < 4.78 is 5.35. The molecule has 0 amide bonds. The fourth-order valence-corrected chi connectivity index (χ4v) is 4.17. The number of thiocarbonyl (C=S) groups is 1. The van der Waals surface area contributed by atoms with Gasteiger partial charge in [-0.2, -0.15) is 9.97 Å². The van der Waals surface area contributed by atoms with Crippen LogP contribution >= 0.6 is 12.2 Å². The van der Waals surface area contributed by atoms with Crippen LogP contribution in [0.3, 0.4) is 0 Å². The third kappa shape index (κ3) is 5.41. The van der Waals surface area contributed by atoms with E-state index in [0.717, 1.165) is 55.4 Å². The van der Waals surface area contributed by atoms with Crippen LogP contribution in [0, 0.1) is 11.8 Å². The average Bonchev–Trinajstić information content (AvgIpc) is 3.27. The Bertz CT molecular complexity index is 786. The van der Waals surface area contributed by atoms with E-state index in [1.165, 1.54) is 25.7 Å². The smallest absolute Gasteiger partial charge is 0.232 e. The van der Waals surface area contributed by atoms with Crippen LogP contribution < -0.4 is 20.4 Å². The minimum absolute atomic E-state index is 0.494. The molecule has 2 aliphatic rings. The van der Waals surface area contributed by atoms with E-state index in [1.54, 1.807) is 6.26 Å². The molecule has 2 fully saturated rings. The van der Waals surface area contributed by atoms with E-state index in [1.807, 2.05) is 12.1 Å². The van der Waals surface area contributed by atoms with Crippen molar-refractivity contribution in [1.82, 2.24) is 15.3 Å². The van der Waals surface area contributed by atoms with Gasteiger partial charge in [-0.1, -0.05) is 13.8 Å². The summed E-state index contributed by atoms with van der Waals surface area (Å²) in [6, 6.07) is 5.93. The molecule has 8 heteroatoms. The molecule has 0 aromatic carbocycles. The molecular formula is C22H32N6OS. The Kier molecular flexibility index (Phi) is 6.72. The first kappa shape index (κ1) is 20.9. The van der Waals surface area contributed by atoms with Crippen LogP contribution in [0.2, 0.25) is 0 Å². The van der Waals surface area contributed by atoms with Crippen molar-refractivity contribution in [2.75, 3.05) is 41.3 Å². The van der Waals surface area contributed by atoms with Crippen molar-refractivity contribution in [1.29, 1.82) is 0 Å². The van der Waals surface area contributed by atoms with Gasteiger partial charge in [-0.25, -0.2) is 0 Å². The maximum atomic E-state index is 5.47. The van der Waals surface area contributed by atoms with E-state index in [0.29, 0.717) is 17.6 Å². The zero-order valence-corrected chi connectivity index (χ0v) is 18.7. The number of nitrogens with zero attached hydrogens (tertiary/aromatic N) is 4. The maximum absolute atomic E-state index is 5.47. The standard InChI is InChI=1S/C22H32N6OS/c1-16-5-9-27(10-6-16)19-14-20(28-11-7-17(2)8-12-28)25-21(24-19)26-22(30)23-15-18-4-3-13-29-18/h3-4,13-14,16-17H,5-12,15H2,1-2H3,(H2,23,24,25,26,30). The van der Waals surface area contributed by atoms with E-state index in [4.69, 9.17) is 26.6 Å². The lowest BCUT2D eigenvalue weighted by Crippen LogP contribution is -2.36. The van der Waals surface area contributed by atoms with Crippen molar-refractivity contribution >= 4 is 34.9 Å². The van der Waals surface area contributed by atoms with E-state index in [2.05, 4.69) is 40.3 Å². The Morgan fingerprint density at radius 3 is 2.10 bits per heavy atom. The Hall–Kier alpha value is -2.35. The molecule has 0 saturated carbocycles. The van der Waals surface area contributed by atoms with Crippen LogP contribution in [0.15, 0.2) is 28.9 Å². The molecule has 7 nitrogen and oxygen atoms in total. The van der Waals surface area contributed by atoms with E-state index in [-0.39, 0.29) is 0 Å². The largest absolute Gasteiger partial charge is 0.467 e. The minimum Gasteiger partial charge on any atom is -0.467 e. The van der Waals surface area contributed by atoms with Gasteiger partial charge in [-0.3, -0.25) is 0 Å². The zero-order chi connectivity index (χ0) is 20.9. The summed E-state index contributed by atoms with van der Waals surface area (Å²) in [4.78, 5) is 14.4. The van der Waals surface area contributed by atoms with Crippen molar-refractivity contribution in [3.05, 3.63) is 30.2 Å². The number of anilines is 3. The van der Waals surface area contributed by atoms with Gasteiger partial charge in [0.25, 0.3) is 0 Å². The molecule has 0 atom stereocenters. The van der Waals surface area contributed by atoms with Crippen LogP contribution in [0.5, 0.6) is 0 Å². The third-order valence-electron chi connectivity index (χ3n) is 6.14. The fraction of sp³-hybridized carbons (Fsp3) is 0.591. The molecule has 2 N–H and O–H groups in total. The van der Waals surface area contributed by atoms with Crippen molar-refractivity contribution < 1.29 is 4.42 Å². The van der Waals surface area contributed by atoms with Gasteiger partial charge in [-0.15, -0.1) is 0 Å². The predicted molar refractivity (Wildman–Crippen MR) is 125 cm³/mol. The summed E-state index contributed by atoms with van der Waals surface area (Å²) in [6.07, 6.45) is 6.46. The zero-order valence-electron chi connectivity index (χ0n) is 17.9. The summed E-state index contributed by atoms with van der Waals surface area (Å²) in [5, 5.41) is 6.84. The third-order valence-corrected chi connectivity index (χ3v) is 6.39. The number of aromatic nitrogens is 2. The summed E-state index contributed by atoms with van der Waals surface area (Å²) in [6.45, 7) is 9.33. The lowest BCUT2D eigenvalue weighted by Gasteiger charge is -2.34. The SMILES string of the molecule is CC1CCN(c2cc(N3CCC(C)CC3)nc(NC(=S)NCc3ccco3)n2)CC1. The van der Waals surface area contributed by atoms with Gasteiger partial charge >= 0.3 is 0 Å². The molecule has 2 aromatic rings. The molecule has 2 aromatic heterocycles. The van der Waals surface area contributed by atoms with Crippen LogP contribution in [0.1, 0.15) is 45.3 Å². The lowest BCUT2D eigenvalue weighted by molar-refractivity contribution is 0.433. The second-order valence-corrected chi connectivity index (χ2v) is 9.04. The molecule has 4 rings (SSSR count). The quantitative estimate of drug-likeness (QED) is 0.692. The molecule has 0 spiro atoms. The first-order valence-corrected chi connectivity index (χ1v) is 11.4. The highest BCUT2D eigenvalue weighted by Gasteiger charge is 2.22. The first-order valence-electron chi connectivity index (χ1n) is 11.0. The summed E-state index contributed by atoms with van der Waals surface area (Å²) in [5.74, 6) is 4.92. The van der Waals surface area contributed by atoms with Crippen LogP contribution in [-0.2, 0) is 6.54 Å². The minimum atomic E-state index is 0.494. The predicted octanol–water partition coefficient (Wildman–Crippen LogP) is 4.03. The molecule has 4 heterocycles. The number of hydrogen-bond donors (Lipinski definition) is 2. The summed E-state index contributed by atoms with van der Waals surface area (Å²) >= 11 is 5.47. The van der Waals surface area contributed by atoms with Gasteiger partial charge < -0.3 is 24.9 Å². The molecule has 0 unspecified atom stereocenters. The van der Waals surface area contributed by atoms with E-state index >= 15 is 0 Å². The first-order chi connectivity index (χ1) is 14.6. The number of piperidine rings is 2. The molecule has 162 valence electrons. The number of furan rings is 1. The van der Waals surface area contributed by atoms with Crippen molar-refractivity contribution in [2.45, 2.75) is 46.1 Å². The summed E-state index contributed by atoms with van der Waals surface area (Å²) in [7, 11) is 0. The van der Waals surface area contributed by atoms with Crippen molar-refractivity contribution in [3.8, 4) is 0 Å². The molecule has 30 heavy (non-hydrogen) atoms. The van der Waals surface area contributed by atoms with Crippen LogP contribution in [0.4, 0.5) is 17.6 Å². The van der Waals surface area contributed by atoms with Gasteiger partial charge in [0, 0.05) is 32.2 Å². The number of nitrogens with one attached hydrogen (secondary N) is 2. The highest BCUT2D eigenvalue weighted by molar-refractivity contribution is 7.80. The Morgan fingerprint density at radius 1 is 1.03 bits per heavy atom. The molecule has 0 bridgehead atoms. The Labute approximate surface area is 184 Å². The van der Waals surface area contributed by atoms with Crippen molar-refractivity contribution in [2.24, 2.45) is 11.8 Å². The number of rotatable bonds is 5. The fourth-order valence-electron chi connectivity index (χ4n) is 4.00. The van der Waals surface area contributed by atoms with Crippen LogP contribution in [0.25, 0.3) is 0 Å². The average molecular weight is 429 g/mol. The molecule has 2 aliphatic heterocycles. The second kappa shape index (κ2) is 9.64. The highest BCUT2D eigenvalue weighted by atomic mass is 32.1. The molecule has 0 aliphatic carbocycles. The maximum Gasteiger partial charge on any atom is 0.232 e. The van der Waals surface area contributed by atoms with E-state index < -0.39 is 0 Å². The second-order valence-electron chi connectivity index (χ2n) is 8.63. The lowest BCUT2D eigenvalue weighted by atomic mass is 9.99. The summed E-state index contributed by atoms with van der Waals surface area (Å²) in [5.41, 5.74) is 0. The molecular weight excluding hydrogens is 396 g/mol. The van der Waals surface area contributed by atoms with Gasteiger partial charge in [0.1, 0.15) is 17.4 Å². The molecule has 0 radical (unpaired) electrons. The number of hydrogen-bond acceptors (Lipinski definition) is 6. The van der Waals surface area contributed by atoms with Crippen molar-refractivity contribution in [3.63, 3.8) is 0 Å². The van der Waals surface area contributed by atoms with Gasteiger partial charge in [0.05, 0.1) is 12.8 Å². The van der Waals surface area contributed by atoms with E-state index in [9.17, 15) is 0 Å². The van der Waals surface area contributed by atoms with Crippen LogP contribution in [-0.4, -0.2) is 41.3 Å². The monoisotopic (exact) mass is 428 g/mol. The highest BCUT2D eigenvalue weighted by Crippen LogP contribution is 2.28.